The molecule has 1 aromatic heterocycles. The van der Waals surface area contributed by atoms with Gasteiger partial charge in [0.25, 0.3) is 0 Å². The van der Waals surface area contributed by atoms with Crippen LogP contribution in [-0.4, -0.2) is 28.5 Å². The van der Waals surface area contributed by atoms with Crippen molar-refractivity contribution in [1.29, 1.82) is 0 Å². The van der Waals surface area contributed by atoms with Gasteiger partial charge in [0.05, 0.1) is 5.69 Å². The van der Waals surface area contributed by atoms with Gasteiger partial charge in [-0.2, -0.15) is 0 Å². The van der Waals surface area contributed by atoms with E-state index in [0.29, 0.717) is 23.8 Å². The number of unbranched alkanes of at least 4 members (excludes halogenated alkanes) is 1. The predicted octanol–water partition coefficient (Wildman–Crippen LogP) is 1.22. The van der Waals surface area contributed by atoms with Gasteiger partial charge in [-0.1, -0.05) is 11.3 Å². The number of nitrogens with one attached hydrogen (secondary N) is 1. The Kier molecular flexibility index (Phi) is 4.89. The summed E-state index contributed by atoms with van der Waals surface area (Å²) in [6.45, 7) is 2.32. The quantitative estimate of drug-likeness (QED) is 0.637. The highest BCUT2D eigenvalue weighted by molar-refractivity contribution is 7.17. The van der Waals surface area contributed by atoms with Crippen LogP contribution in [0.4, 0.5) is 5.13 Å². The number of carboxylic acids is 1. The first kappa shape index (κ1) is 13.4. The van der Waals surface area contributed by atoms with Gasteiger partial charge in [0, 0.05) is 13.0 Å². The molecule has 0 aliphatic rings. The highest BCUT2D eigenvalue weighted by atomic mass is 32.1. The van der Waals surface area contributed by atoms with Gasteiger partial charge in [0.1, 0.15) is 4.88 Å². The fourth-order valence-corrected chi connectivity index (χ4v) is 2.12. The van der Waals surface area contributed by atoms with E-state index in [9.17, 15) is 9.59 Å². The van der Waals surface area contributed by atoms with E-state index in [4.69, 9.17) is 10.8 Å². The monoisotopic (exact) mass is 257 g/mol. The van der Waals surface area contributed by atoms with Crippen LogP contribution < -0.4 is 11.1 Å². The van der Waals surface area contributed by atoms with E-state index in [0.717, 1.165) is 24.2 Å². The maximum Gasteiger partial charge on any atom is 0.347 e. The molecule has 7 heteroatoms. The molecule has 94 valence electrons. The summed E-state index contributed by atoms with van der Waals surface area (Å²) in [5, 5.41) is 12.5. The molecule has 0 saturated carbocycles. The van der Waals surface area contributed by atoms with E-state index in [1.165, 1.54) is 0 Å². The lowest BCUT2D eigenvalue weighted by molar-refractivity contribution is -0.118. The molecule has 0 saturated heterocycles. The van der Waals surface area contributed by atoms with Crippen LogP contribution in [0.1, 0.15) is 34.6 Å². The Morgan fingerprint density at radius 1 is 1.47 bits per heavy atom. The summed E-state index contributed by atoms with van der Waals surface area (Å²) in [6, 6.07) is 0. The van der Waals surface area contributed by atoms with Gasteiger partial charge in [-0.3, -0.25) is 4.79 Å². The van der Waals surface area contributed by atoms with E-state index in [1.54, 1.807) is 6.92 Å². The Bertz CT molecular complexity index is 417. The van der Waals surface area contributed by atoms with E-state index >= 15 is 0 Å². The third-order valence-corrected chi connectivity index (χ3v) is 3.22. The lowest BCUT2D eigenvalue weighted by Gasteiger charge is -2.00. The molecule has 17 heavy (non-hydrogen) atoms. The highest BCUT2D eigenvalue weighted by Crippen LogP contribution is 2.22. The number of anilines is 1. The van der Waals surface area contributed by atoms with Crippen molar-refractivity contribution in [2.75, 3.05) is 11.9 Å². The maximum atomic E-state index is 10.8. The lowest BCUT2D eigenvalue weighted by atomic mass is 10.2. The number of carbonyl (C=O) groups excluding carboxylic acids is 1. The van der Waals surface area contributed by atoms with Crippen molar-refractivity contribution in [3.8, 4) is 0 Å². The molecule has 0 atom stereocenters. The zero-order valence-corrected chi connectivity index (χ0v) is 10.3. The predicted molar refractivity (Wildman–Crippen MR) is 65.3 cm³/mol. The number of primary amides is 1. The van der Waals surface area contributed by atoms with Crippen molar-refractivity contribution in [3.05, 3.63) is 10.6 Å². The van der Waals surface area contributed by atoms with Crippen LogP contribution >= 0.6 is 11.3 Å². The topological polar surface area (TPSA) is 105 Å². The molecule has 1 heterocycles. The number of aromatic carboxylic acids is 1. The van der Waals surface area contributed by atoms with Crippen molar-refractivity contribution in [1.82, 2.24) is 4.98 Å². The summed E-state index contributed by atoms with van der Waals surface area (Å²) in [5.74, 6) is -1.26. The summed E-state index contributed by atoms with van der Waals surface area (Å²) in [5.41, 5.74) is 5.52. The number of hydrogen-bond donors (Lipinski definition) is 3. The lowest BCUT2D eigenvalue weighted by Crippen LogP contribution is -2.10. The third-order valence-electron chi connectivity index (χ3n) is 2.12. The smallest absolute Gasteiger partial charge is 0.347 e. The first-order chi connectivity index (χ1) is 8.00. The van der Waals surface area contributed by atoms with Gasteiger partial charge in [0.15, 0.2) is 5.13 Å². The number of aromatic nitrogens is 1. The Hall–Kier alpha value is -1.63. The fraction of sp³-hybridized carbons (Fsp3) is 0.500. The van der Waals surface area contributed by atoms with Gasteiger partial charge >= 0.3 is 5.97 Å². The maximum absolute atomic E-state index is 10.8. The zero-order valence-electron chi connectivity index (χ0n) is 9.52. The largest absolute Gasteiger partial charge is 0.477 e. The van der Waals surface area contributed by atoms with Crippen molar-refractivity contribution < 1.29 is 14.7 Å². The molecular formula is C10H15N3O3S. The molecule has 1 rings (SSSR count). The van der Waals surface area contributed by atoms with Gasteiger partial charge in [0.2, 0.25) is 5.91 Å². The number of amides is 1. The average molecular weight is 257 g/mol. The van der Waals surface area contributed by atoms with Gasteiger partial charge in [-0.25, -0.2) is 9.78 Å². The molecule has 0 bridgehead atoms. The molecule has 0 unspecified atom stereocenters. The van der Waals surface area contributed by atoms with Crippen LogP contribution in [0.15, 0.2) is 0 Å². The van der Waals surface area contributed by atoms with Crippen molar-refractivity contribution in [2.45, 2.75) is 26.2 Å². The van der Waals surface area contributed by atoms with Crippen molar-refractivity contribution in [2.24, 2.45) is 5.73 Å². The second-order valence-corrected chi connectivity index (χ2v) is 4.59. The van der Waals surface area contributed by atoms with Crippen LogP contribution in [0.2, 0.25) is 0 Å². The molecular weight excluding hydrogens is 242 g/mol. The normalized spacial score (nSPS) is 10.2. The number of aryl methyl sites for hydroxylation is 1. The van der Waals surface area contributed by atoms with E-state index < -0.39 is 5.97 Å². The van der Waals surface area contributed by atoms with Crippen LogP contribution in [0.25, 0.3) is 0 Å². The number of hydrogen-bond acceptors (Lipinski definition) is 5. The zero-order chi connectivity index (χ0) is 12.8. The molecule has 0 spiro atoms. The molecule has 4 N–H and O–H groups in total. The van der Waals surface area contributed by atoms with Crippen molar-refractivity contribution in [3.63, 3.8) is 0 Å². The molecule has 6 nitrogen and oxygen atoms in total. The molecule has 1 amide bonds. The molecule has 0 aliphatic carbocycles. The first-order valence-corrected chi connectivity index (χ1v) is 6.05. The summed E-state index contributed by atoms with van der Waals surface area (Å²) in [4.78, 5) is 25.6. The van der Waals surface area contributed by atoms with Crippen LogP contribution in [0.3, 0.4) is 0 Å². The Morgan fingerprint density at radius 2 is 2.18 bits per heavy atom. The minimum absolute atomic E-state index is 0.254. The SMILES string of the molecule is Cc1nc(NCCCCC(N)=O)sc1C(=O)O. The summed E-state index contributed by atoms with van der Waals surface area (Å²) in [6.07, 6.45) is 1.89. The Labute approximate surface area is 103 Å². The number of carbonyl (C=O) groups is 2. The second-order valence-electron chi connectivity index (χ2n) is 3.59. The van der Waals surface area contributed by atoms with Gasteiger partial charge in [-0.05, 0) is 19.8 Å². The van der Waals surface area contributed by atoms with Crippen LogP contribution in [0.5, 0.6) is 0 Å². The molecule has 0 radical (unpaired) electrons. The number of carboxylic acid groups (broad SMARTS) is 1. The number of nitrogens with zero attached hydrogens (tertiary/aromatic N) is 1. The van der Waals surface area contributed by atoms with Crippen LogP contribution in [0, 0.1) is 6.92 Å². The Morgan fingerprint density at radius 3 is 2.71 bits per heavy atom. The van der Waals surface area contributed by atoms with Gasteiger partial charge in [-0.15, -0.1) is 0 Å². The van der Waals surface area contributed by atoms with E-state index in [1.807, 2.05) is 0 Å². The standard InChI is InChI=1S/C10H15N3O3S/c1-6-8(9(15)16)17-10(13-6)12-5-3-2-4-7(11)14/h2-5H2,1H3,(H2,11,14)(H,12,13)(H,15,16). The summed E-state index contributed by atoms with van der Waals surface area (Å²) < 4.78 is 0. The first-order valence-electron chi connectivity index (χ1n) is 5.23. The Balaban J connectivity index is 2.35. The summed E-state index contributed by atoms with van der Waals surface area (Å²) in [7, 11) is 0. The fourth-order valence-electron chi connectivity index (χ4n) is 1.29. The van der Waals surface area contributed by atoms with E-state index in [2.05, 4.69) is 10.3 Å². The molecule has 1 aromatic rings. The van der Waals surface area contributed by atoms with Crippen molar-refractivity contribution >= 4 is 28.3 Å². The minimum atomic E-state index is -0.957. The molecule has 0 aromatic carbocycles. The molecule has 0 aliphatic heterocycles. The third kappa shape index (κ3) is 4.39. The minimum Gasteiger partial charge on any atom is -0.477 e. The van der Waals surface area contributed by atoms with Crippen LogP contribution in [-0.2, 0) is 4.79 Å². The highest BCUT2D eigenvalue weighted by Gasteiger charge is 2.13. The van der Waals surface area contributed by atoms with E-state index in [-0.39, 0.29) is 10.8 Å². The molecule has 0 fully saturated rings. The van der Waals surface area contributed by atoms with Gasteiger partial charge < -0.3 is 16.2 Å². The number of nitrogens with two attached hydrogens (primary N) is 1. The number of rotatable bonds is 7. The number of thiazole rings is 1. The second kappa shape index (κ2) is 6.19. The summed E-state index contributed by atoms with van der Waals surface area (Å²) >= 11 is 1.12. The average Bonchev–Trinajstić information content (AvgIpc) is 2.59.